The van der Waals surface area contributed by atoms with Crippen molar-refractivity contribution in [3.8, 4) is 0 Å². The molecule has 1 aliphatic rings. The van der Waals surface area contributed by atoms with Crippen molar-refractivity contribution >= 4 is 21.8 Å². The molecular formula is C25H26N4. The van der Waals surface area contributed by atoms with E-state index in [1.807, 2.05) is 12.3 Å². The Morgan fingerprint density at radius 2 is 1.76 bits per heavy atom. The van der Waals surface area contributed by atoms with E-state index in [0.717, 1.165) is 36.4 Å². The molecule has 5 rings (SSSR count). The lowest BCUT2D eigenvalue weighted by atomic mass is 9.89. The van der Waals surface area contributed by atoms with E-state index in [2.05, 4.69) is 89.7 Å². The number of fused-ring (bicyclic) bond motifs is 2. The Hall–Kier alpha value is -2.82. The summed E-state index contributed by atoms with van der Waals surface area (Å²) in [5, 5.41) is 6.16. The van der Waals surface area contributed by atoms with E-state index in [0.29, 0.717) is 0 Å². The zero-order chi connectivity index (χ0) is 19.8. The van der Waals surface area contributed by atoms with E-state index in [-0.39, 0.29) is 11.6 Å². The van der Waals surface area contributed by atoms with Crippen molar-refractivity contribution in [2.45, 2.75) is 26.6 Å². The third-order valence-electron chi connectivity index (χ3n) is 5.78. The zero-order valence-electron chi connectivity index (χ0n) is 17.0. The van der Waals surface area contributed by atoms with Crippen LogP contribution in [-0.4, -0.2) is 28.0 Å². The van der Waals surface area contributed by atoms with Crippen molar-refractivity contribution in [2.75, 3.05) is 13.1 Å². The van der Waals surface area contributed by atoms with Gasteiger partial charge in [-0.05, 0) is 35.2 Å². The molecule has 146 valence electrons. The van der Waals surface area contributed by atoms with E-state index in [1.54, 1.807) is 0 Å². The van der Waals surface area contributed by atoms with Gasteiger partial charge in [-0.2, -0.15) is 0 Å². The predicted molar refractivity (Wildman–Crippen MR) is 118 cm³/mol. The van der Waals surface area contributed by atoms with Crippen molar-refractivity contribution in [1.29, 1.82) is 0 Å². The van der Waals surface area contributed by atoms with Crippen LogP contribution in [0.3, 0.4) is 0 Å². The van der Waals surface area contributed by atoms with Crippen LogP contribution in [-0.2, 0) is 6.54 Å². The molecule has 1 N–H and O–H groups in total. The molecule has 3 heterocycles. The molecule has 29 heavy (non-hydrogen) atoms. The van der Waals surface area contributed by atoms with Gasteiger partial charge in [-0.3, -0.25) is 15.2 Å². The summed E-state index contributed by atoms with van der Waals surface area (Å²) >= 11 is 0. The summed E-state index contributed by atoms with van der Waals surface area (Å²) in [6.07, 6.45) is 2.02. The van der Waals surface area contributed by atoms with Crippen LogP contribution in [0, 0.1) is 5.41 Å². The van der Waals surface area contributed by atoms with E-state index < -0.39 is 0 Å². The van der Waals surface area contributed by atoms with Crippen LogP contribution in [0.1, 0.15) is 31.3 Å². The number of nitrogens with one attached hydrogen (secondary N) is 1. The Labute approximate surface area is 171 Å². The number of nitrogens with zero attached hydrogens (tertiary/aromatic N) is 3. The topological polar surface area (TPSA) is 41.1 Å². The first-order chi connectivity index (χ1) is 14.1. The van der Waals surface area contributed by atoms with Gasteiger partial charge in [-0.15, -0.1) is 0 Å². The summed E-state index contributed by atoms with van der Waals surface area (Å²) in [5.74, 6) is 0. The standard InChI is InChI=1S/C25H26N4/c1-25(2)16-27-24(23-12-11-18-7-3-5-9-21(18)28-23)29(17-25)15-19-13-14-26-22-10-6-4-8-20(19)22/h3-14,24,27H,15-17H2,1-2H3. The van der Waals surface area contributed by atoms with Crippen molar-refractivity contribution in [3.63, 3.8) is 0 Å². The molecule has 0 radical (unpaired) electrons. The highest BCUT2D eigenvalue weighted by molar-refractivity contribution is 5.81. The van der Waals surface area contributed by atoms with Gasteiger partial charge in [-0.25, -0.2) is 4.98 Å². The molecule has 0 bridgehead atoms. The molecular weight excluding hydrogens is 356 g/mol. The SMILES string of the molecule is CC1(C)CNC(c2ccc3ccccc3n2)N(Cc2ccnc3ccccc23)C1. The molecule has 0 saturated carbocycles. The van der Waals surface area contributed by atoms with Crippen molar-refractivity contribution in [2.24, 2.45) is 5.41 Å². The summed E-state index contributed by atoms with van der Waals surface area (Å²) in [6, 6.07) is 23.2. The summed E-state index contributed by atoms with van der Waals surface area (Å²) in [5.41, 5.74) is 4.69. The lowest BCUT2D eigenvalue weighted by molar-refractivity contribution is 0.0455. The zero-order valence-corrected chi connectivity index (χ0v) is 17.0. The minimum Gasteiger partial charge on any atom is -0.296 e. The number of aromatic nitrogens is 2. The minimum absolute atomic E-state index is 0.0968. The summed E-state index contributed by atoms with van der Waals surface area (Å²) in [4.78, 5) is 12.0. The molecule has 0 spiro atoms. The third kappa shape index (κ3) is 3.61. The molecule has 0 aliphatic carbocycles. The fourth-order valence-electron chi connectivity index (χ4n) is 4.38. The molecule has 1 saturated heterocycles. The summed E-state index contributed by atoms with van der Waals surface area (Å²) < 4.78 is 0. The second kappa shape index (κ2) is 7.21. The summed E-state index contributed by atoms with van der Waals surface area (Å²) in [6.45, 7) is 7.48. The number of hydrogen-bond donors (Lipinski definition) is 1. The number of para-hydroxylation sites is 2. The molecule has 1 aliphatic heterocycles. The van der Waals surface area contributed by atoms with Crippen molar-refractivity contribution in [3.05, 3.63) is 84.2 Å². The Balaban J connectivity index is 1.53. The summed E-state index contributed by atoms with van der Waals surface area (Å²) in [7, 11) is 0. The predicted octanol–water partition coefficient (Wildman–Crippen LogP) is 4.91. The van der Waals surface area contributed by atoms with Crippen LogP contribution in [0.5, 0.6) is 0 Å². The van der Waals surface area contributed by atoms with Crippen LogP contribution in [0.4, 0.5) is 0 Å². The molecule has 1 fully saturated rings. The highest BCUT2D eigenvalue weighted by Crippen LogP contribution is 2.32. The monoisotopic (exact) mass is 382 g/mol. The second-order valence-electron chi connectivity index (χ2n) is 8.77. The third-order valence-corrected chi connectivity index (χ3v) is 5.78. The lowest BCUT2D eigenvalue weighted by Crippen LogP contribution is -2.53. The average Bonchev–Trinajstić information content (AvgIpc) is 2.73. The van der Waals surface area contributed by atoms with Crippen LogP contribution in [0.2, 0.25) is 0 Å². The second-order valence-corrected chi connectivity index (χ2v) is 8.77. The van der Waals surface area contributed by atoms with Crippen molar-refractivity contribution < 1.29 is 0 Å². The molecule has 4 heteroatoms. The van der Waals surface area contributed by atoms with E-state index >= 15 is 0 Å². The van der Waals surface area contributed by atoms with Gasteiger partial charge in [0.05, 0.1) is 16.7 Å². The number of rotatable bonds is 3. The quantitative estimate of drug-likeness (QED) is 0.546. The Bertz CT molecular complexity index is 1160. The average molecular weight is 383 g/mol. The van der Waals surface area contributed by atoms with Gasteiger partial charge in [0, 0.05) is 36.6 Å². The van der Waals surface area contributed by atoms with Gasteiger partial charge in [0.1, 0.15) is 6.17 Å². The fourth-order valence-corrected chi connectivity index (χ4v) is 4.38. The largest absolute Gasteiger partial charge is 0.296 e. The first kappa shape index (κ1) is 18.2. The molecule has 2 aromatic heterocycles. The highest BCUT2D eigenvalue weighted by atomic mass is 15.3. The molecule has 4 aromatic rings. The van der Waals surface area contributed by atoms with Gasteiger partial charge in [-0.1, -0.05) is 56.3 Å². The molecule has 2 aromatic carbocycles. The lowest BCUT2D eigenvalue weighted by Gasteiger charge is -2.44. The number of pyridine rings is 2. The van der Waals surface area contributed by atoms with Gasteiger partial charge >= 0.3 is 0 Å². The minimum atomic E-state index is 0.0968. The van der Waals surface area contributed by atoms with Crippen molar-refractivity contribution in [1.82, 2.24) is 20.2 Å². The molecule has 1 atom stereocenters. The Morgan fingerprint density at radius 1 is 0.966 bits per heavy atom. The fraction of sp³-hybridized carbons (Fsp3) is 0.280. The van der Waals surface area contributed by atoms with E-state index in [1.165, 1.54) is 16.3 Å². The number of hydrogen-bond acceptors (Lipinski definition) is 4. The van der Waals surface area contributed by atoms with Gasteiger partial charge in [0.25, 0.3) is 0 Å². The molecule has 1 unspecified atom stereocenters. The molecule has 0 amide bonds. The van der Waals surface area contributed by atoms with E-state index in [9.17, 15) is 0 Å². The van der Waals surface area contributed by atoms with Gasteiger partial charge in [0.15, 0.2) is 0 Å². The maximum absolute atomic E-state index is 4.98. The first-order valence-electron chi connectivity index (χ1n) is 10.2. The maximum atomic E-state index is 4.98. The van der Waals surface area contributed by atoms with Crippen LogP contribution in [0.25, 0.3) is 21.8 Å². The highest BCUT2D eigenvalue weighted by Gasteiger charge is 2.34. The Kier molecular flexibility index (Phi) is 4.53. The van der Waals surface area contributed by atoms with Crippen LogP contribution in [0.15, 0.2) is 72.9 Å². The van der Waals surface area contributed by atoms with Crippen LogP contribution < -0.4 is 5.32 Å². The molecule has 4 nitrogen and oxygen atoms in total. The smallest absolute Gasteiger partial charge is 0.104 e. The van der Waals surface area contributed by atoms with Crippen LogP contribution >= 0.6 is 0 Å². The number of benzene rings is 2. The Morgan fingerprint density at radius 3 is 2.66 bits per heavy atom. The van der Waals surface area contributed by atoms with Gasteiger partial charge in [0.2, 0.25) is 0 Å². The normalized spacial score (nSPS) is 19.6. The maximum Gasteiger partial charge on any atom is 0.104 e. The first-order valence-corrected chi connectivity index (χ1v) is 10.2. The van der Waals surface area contributed by atoms with Gasteiger partial charge < -0.3 is 0 Å². The van der Waals surface area contributed by atoms with E-state index in [4.69, 9.17) is 4.98 Å².